The number of methoxy groups -OCH3 is 1. The summed E-state index contributed by atoms with van der Waals surface area (Å²) >= 11 is 6.36. The Morgan fingerprint density at radius 3 is 2.66 bits per heavy atom. The normalized spacial score (nSPS) is 18.8. The largest absolute Gasteiger partial charge is 0.507 e. The Bertz CT molecular complexity index is 1380. The molecule has 2 aliphatic rings. The van der Waals surface area contributed by atoms with E-state index in [9.17, 15) is 14.7 Å². The fourth-order valence-electron chi connectivity index (χ4n) is 4.75. The van der Waals surface area contributed by atoms with Crippen molar-refractivity contribution in [2.75, 3.05) is 18.6 Å². The molecule has 0 aromatic heterocycles. The van der Waals surface area contributed by atoms with Crippen LogP contribution in [0.4, 0.5) is 5.69 Å². The summed E-state index contributed by atoms with van der Waals surface area (Å²) in [5.41, 5.74) is 3.52. The number of aliphatic hydroxyl groups excluding tert-OH is 1. The summed E-state index contributed by atoms with van der Waals surface area (Å²) in [5.74, 6) is -0.474. The van der Waals surface area contributed by atoms with Crippen molar-refractivity contribution in [2.24, 2.45) is 0 Å². The van der Waals surface area contributed by atoms with Gasteiger partial charge < -0.3 is 14.6 Å². The first-order valence-electron chi connectivity index (χ1n) is 11.4. The number of amides is 1. The van der Waals surface area contributed by atoms with E-state index in [4.69, 9.17) is 21.1 Å². The lowest BCUT2D eigenvalue weighted by molar-refractivity contribution is -0.132. The van der Waals surface area contributed by atoms with Gasteiger partial charge >= 0.3 is 0 Å². The Morgan fingerprint density at radius 2 is 1.91 bits per heavy atom. The van der Waals surface area contributed by atoms with Gasteiger partial charge in [0.1, 0.15) is 17.3 Å². The molecule has 5 rings (SSSR count). The van der Waals surface area contributed by atoms with Crippen molar-refractivity contribution in [3.8, 4) is 11.5 Å². The number of ketones is 1. The predicted molar refractivity (Wildman–Crippen MR) is 134 cm³/mol. The van der Waals surface area contributed by atoms with E-state index in [1.807, 2.05) is 37.3 Å². The molecular formula is C28H24ClNO5. The SMILES string of the molecule is COc1ccc(N2C(=O)C(=O)/C(=C(/O)c3ccc4c(c3)CCCO4)C2c2ccccc2C)cc1Cl. The highest BCUT2D eigenvalue weighted by Gasteiger charge is 2.47. The molecule has 0 spiro atoms. The fraction of sp³-hybridized carbons (Fsp3) is 0.214. The van der Waals surface area contributed by atoms with Crippen LogP contribution in [0.5, 0.6) is 11.5 Å². The van der Waals surface area contributed by atoms with Crippen LogP contribution in [-0.2, 0) is 16.0 Å². The van der Waals surface area contributed by atoms with Crippen molar-refractivity contribution in [3.05, 3.63) is 93.5 Å². The number of ether oxygens (including phenoxy) is 2. The minimum absolute atomic E-state index is 0.0351. The standard InChI is InChI=1S/C28H24ClNO5/c1-16-6-3-4-8-20(16)25-24(26(31)18-9-11-22-17(14-18)7-5-13-35-22)27(32)28(33)30(25)19-10-12-23(34-2)21(29)15-19/h3-4,6,8-12,14-15,25,31H,5,7,13H2,1-2H3/b26-24+. The molecule has 1 atom stereocenters. The molecule has 1 saturated heterocycles. The average molecular weight is 490 g/mol. The van der Waals surface area contributed by atoms with Gasteiger partial charge in [0, 0.05) is 11.3 Å². The Kier molecular flexibility index (Phi) is 5.99. The minimum Gasteiger partial charge on any atom is -0.507 e. The molecule has 2 aliphatic heterocycles. The second kappa shape index (κ2) is 9.12. The lowest BCUT2D eigenvalue weighted by Gasteiger charge is -2.27. The maximum absolute atomic E-state index is 13.4. The van der Waals surface area contributed by atoms with E-state index in [2.05, 4.69) is 0 Å². The third-order valence-electron chi connectivity index (χ3n) is 6.52. The van der Waals surface area contributed by atoms with Crippen LogP contribution in [-0.4, -0.2) is 30.5 Å². The van der Waals surface area contributed by atoms with Crippen molar-refractivity contribution < 1.29 is 24.2 Å². The van der Waals surface area contributed by atoms with Gasteiger partial charge in [0.05, 0.1) is 30.4 Å². The molecule has 1 N–H and O–H groups in total. The highest BCUT2D eigenvalue weighted by molar-refractivity contribution is 6.52. The second-order valence-electron chi connectivity index (χ2n) is 8.62. The molecule has 3 aromatic carbocycles. The van der Waals surface area contributed by atoms with Gasteiger partial charge in [-0.15, -0.1) is 0 Å². The molecule has 1 unspecified atom stereocenters. The van der Waals surface area contributed by atoms with Gasteiger partial charge in [-0.2, -0.15) is 0 Å². The number of nitrogens with zero attached hydrogens (tertiary/aromatic N) is 1. The summed E-state index contributed by atoms with van der Waals surface area (Å²) < 4.78 is 10.9. The van der Waals surface area contributed by atoms with Crippen LogP contribution < -0.4 is 14.4 Å². The Labute approximate surface area is 208 Å². The molecule has 0 aliphatic carbocycles. The number of halogens is 1. The number of Topliss-reactive ketones (excluding diaryl/α,β-unsaturated/α-hetero) is 1. The van der Waals surface area contributed by atoms with Crippen molar-refractivity contribution in [2.45, 2.75) is 25.8 Å². The third-order valence-corrected chi connectivity index (χ3v) is 6.82. The van der Waals surface area contributed by atoms with E-state index >= 15 is 0 Å². The quantitative estimate of drug-likeness (QED) is 0.293. The van der Waals surface area contributed by atoms with E-state index in [-0.39, 0.29) is 11.3 Å². The first kappa shape index (κ1) is 23.0. The molecule has 35 heavy (non-hydrogen) atoms. The van der Waals surface area contributed by atoms with Gasteiger partial charge in [-0.3, -0.25) is 14.5 Å². The topological polar surface area (TPSA) is 76.1 Å². The predicted octanol–water partition coefficient (Wildman–Crippen LogP) is 5.61. The van der Waals surface area contributed by atoms with Crippen LogP contribution in [0.15, 0.2) is 66.2 Å². The maximum Gasteiger partial charge on any atom is 0.300 e. The van der Waals surface area contributed by atoms with Gasteiger partial charge in [-0.25, -0.2) is 0 Å². The first-order chi connectivity index (χ1) is 16.9. The van der Waals surface area contributed by atoms with Crippen LogP contribution in [0, 0.1) is 6.92 Å². The van der Waals surface area contributed by atoms with Gasteiger partial charge in [-0.05, 0) is 72.9 Å². The van der Waals surface area contributed by atoms with Crippen LogP contribution in [0.25, 0.3) is 5.76 Å². The smallest absolute Gasteiger partial charge is 0.300 e. The van der Waals surface area contributed by atoms with Crippen LogP contribution in [0.1, 0.15) is 34.7 Å². The zero-order chi connectivity index (χ0) is 24.7. The Hall–Kier alpha value is -3.77. The molecule has 2 heterocycles. The summed E-state index contributed by atoms with van der Waals surface area (Å²) in [4.78, 5) is 28.2. The molecule has 3 aromatic rings. The number of hydrogen-bond acceptors (Lipinski definition) is 5. The fourth-order valence-corrected chi connectivity index (χ4v) is 5.01. The molecule has 6 nitrogen and oxygen atoms in total. The van der Waals surface area contributed by atoms with Crippen molar-refractivity contribution in [1.29, 1.82) is 0 Å². The molecule has 1 amide bonds. The van der Waals surface area contributed by atoms with E-state index in [0.717, 1.165) is 35.3 Å². The number of aliphatic hydroxyl groups is 1. The lowest BCUT2D eigenvalue weighted by atomic mass is 9.91. The Balaban J connectivity index is 1.71. The van der Waals surface area contributed by atoms with Gasteiger partial charge in [0.2, 0.25) is 0 Å². The van der Waals surface area contributed by atoms with Crippen molar-refractivity contribution >= 4 is 34.7 Å². The van der Waals surface area contributed by atoms with E-state index in [1.165, 1.54) is 12.0 Å². The van der Waals surface area contributed by atoms with E-state index < -0.39 is 17.7 Å². The number of fused-ring (bicyclic) bond motifs is 1. The molecule has 0 bridgehead atoms. The highest BCUT2D eigenvalue weighted by Crippen LogP contribution is 2.44. The van der Waals surface area contributed by atoms with Crippen LogP contribution in [0.2, 0.25) is 5.02 Å². The number of carbonyl (C=O) groups excluding carboxylic acids is 2. The number of carbonyl (C=O) groups is 2. The number of anilines is 1. The molecule has 0 saturated carbocycles. The summed E-state index contributed by atoms with van der Waals surface area (Å²) in [6.07, 6.45) is 1.69. The molecule has 7 heteroatoms. The van der Waals surface area contributed by atoms with Gasteiger partial charge in [0.25, 0.3) is 11.7 Å². The molecule has 178 valence electrons. The summed E-state index contributed by atoms with van der Waals surface area (Å²) in [6, 6.07) is 16.9. The van der Waals surface area contributed by atoms with Crippen molar-refractivity contribution in [1.82, 2.24) is 0 Å². The summed E-state index contributed by atoms with van der Waals surface area (Å²) in [7, 11) is 1.50. The zero-order valence-electron chi connectivity index (χ0n) is 19.4. The monoisotopic (exact) mass is 489 g/mol. The summed E-state index contributed by atoms with van der Waals surface area (Å²) in [5, 5.41) is 11.7. The number of benzene rings is 3. The Morgan fingerprint density at radius 1 is 1.11 bits per heavy atom. The minimum atomic E-state index is -0.826. The molecule has 0 radical (unpaired) electrons. The molecular weight excluding hydrogens is 466 g/mol. The number of hydrogen-bond donors (Lipinski definition) is 1. The van der Waals surface area contributed by atoms with Gasteiger partial charge in [0.15, 0.2) is 0 Å². The molecule has 1 fully saturated rings. The highest BCUT2D eigenvalue weighted by atomic mass is 35.5. The number of aryl methyl sites for hydroxylation is 2. The van der Waals surface area contributed by atoms with Crippen LogP contribution >= 0.6 is 11.6 Å². The third kappa shape index (κ3) is 3.94. The average Bonchev–Trinajstić information content (AvgIpc) is 3.13. The van der Waals surface area contributed by atoms with E-state index in [1.54, 1.807) is 30.3 Å². The summed E-state index contributed by atoms with van der Waals surface area (Å²) in [6.45, 7) is 2.56. The lowest BCUT2D eigenvalue weighted by Crippen LogP contribution is -2.29. The van der Waals surface area contributed by atoms with Gasteiger partial charge in [-0.1, -0.05) is 35.9 Å². The zero-order valence-corrected chi connectivity index (χ0v) is 20.1. The maximum atomic E-state index is 13.4. The van der Waals surface area contributed by atoms with Crippen LogP contribution in [0.3, 0.4) is 0 Å². The second-order valence-corrected chi connectivity index (χ2v) is 9.03. The number of rotatable bonds is 4. The van der Waals surface area contributed by atoms with E-state index in [0.29, 0.717) is 28.6 Å². The van der Waals surface area contributed by atoms with Crippen molar-refractivity contribution in [3.63, 3.8) is 0 Å². The first-order valence-corrected chi connectivity index (χ1v) is 11.7.